The first-order valence-corrected chi connectivity index (χ1v) is 11.0. The lowest BCUT2D eigenvalue weighted by molar-refractivity contribution is -0.151. The van der Waals surface area contributed by atoms with Gasteiger partial charge in [0.25, 0.3) is 0 Å². The number of likely N-dealkylation sites (N-methyl/N-ethyl adjacent to an activating group) is 1. The van der Waals surface area contributed by atoms with Crippen LogP contribution in [0.4, 0.5) is 0 Å². The summed E-state index contributed by atoms with van der Waals surface area (Å²) in [5, 5.41) is 10.9. The van der Waals surface area contributed by atoms with Gasteiger partial charge in [-0.25, -0.2) is 17.5 Å². The number of hydrogen-bond donors (Lipinski definition) is 1. The molecule has 11 heteroatoms. The zero-order valence-electron chi connectivity index (χ0n) is 15.9. The van der Waals surface area contributed by atoms with Crippen LogP contribution in [-0.4, -0.2) is 61.3 Å². The molecule has 0 saturated carbocycles. The van der Waals surface area contributed by atoms with Gasteiger partial charge in [-0.3, -0.25) is 4.98 Å². The van der Waals surface area contributed by atoms with E-state index in [0.29, 0.717) is 21.3 Å². The van der Waals surface area contributed by atoms with E-state index in [9.17, 15) is 18.3 Å². The molecule has 1 aromatic heterocycles. The van der Waals surface area contributed by atoms with Crippen LogP contribution in [0.1, 0.15) is 6.92 Å². The van der Waals surface area contributed by atoms with Crippen molar-refractivity contribution in [3.8, 4) is 22.8 Å². The van der Waals surface area contributed by atoms with Gasteiger partial charge < -0.3 is 14.6 Å². The van der Waals surface area contributed by atoms with Crippen LogP contribution in [0.5, 0.6) is 11.5 Å². The molecule has 2 rings (SSSR count). The number of esters is 1. The molecule has 1 heterocycles. The molecule has 0 aliphatic heterocycles. The fourth-order valence-corrected chi connectivity index (χ4v) is 3.08. The molecule has 1 N–H and O–H groups in total. The molecular weight excluding hydrogens is 443 g/mol. The number of carbonyl (C=O) groups is 1. The minimum atomic E-state index is -3.35. The van der Waals surface area contributed by atoms with Crippen LogP contribution in [0.15, 0.2) is 30.5 Å². The predicted octanol–water partition coefficient (Wildman–Crippen LogP) is 2.96. The molecule has 0 aliphatic carbocycles. The summed E-state index contributed by atoms with van der Waals surface area (Å²) in [4.78, 5) is 16.2. The second-order valence-electron chi connectivity index (χ2n) is 6.18. The van der Waals surface area contributed by atoms with Crippen molar-refractivity contribution in [3.63, 3.8) is 0 Å². The summed E-state index contributed by atoms with van der Waals surface area (Å²) >= 11 is 11.9. The highest BCUT2D eigenvalue weighted by Crippen LogP contribution is 2.34. The smallest absolute Gasteiger partial charge is 0.347 e. The summed E-state index contributed by atoms with van der Waals surface area (Å²) in [5.74, 6) is -0.846. The van der Waals surface area contributed by atoms with Crippen LogP contribution < -0.4 is 4.74 Å². The van der Waals surface area contributed by atoms with E-state index in [-0.39, 0.29) is 24.7 Å². The van der Waals surface area contributed by atoms with Crippen molar-refractivity contribution in [1.82, 2.24) is 9.29 Å². The molecule has 1 unspecified atom stereocenters. The molecule has 0 amide bonds. The van der Waals surface area contributed by atoms with Crippen LogP contribution in [0.3, 0.4) is 0 Å². The first-order valence-electron chi connectivity index (χ1n) is 8.38. The van der Waals surface area contributed by atoms with Crippen LogP contribution in [0.25, 0.3) is 11.3 Å². The Morgan fingerprint density at radius 2 is 2.00 bits per heavy atom. The minimum absolute atomic E-state index is 0.0199. The largest absolute Gasteiger partial charge is 0.504 e. The number of rotatable bonds is 8. The van der Waals surface area contributed by atoms with Crippen LogP contribution >= 0.6 is 23.2 Å². The molecule has 0 spiro atoms. The van der Waals surface area contributed by atoms with Crippen LogP contribution in [0.2, 0.25) is 10.0 Å². The molecule has 0 fully saturated rings. The quantitative estimate of drug-likeness (QED) is 0.600. The second-order valence-corrected chi connectivity index (χ2v) is 9.11. The third kappa shape index (κ3) is 6.46. The van der Waals surface area contributed by atoms with Gasteiger partial charge in [0.15, 0.2) is 17.6 Å². The monoisotopic (exact) mass is 462 g/mol. The van der Waals surface area contributed by atoms with Gasteiger partial charge in [0.1, 0.15) is 6.61 Å². The van der Waals surface area contributed by atoms with Crippen LogP contribution in [0, 0.1) is 0 Å². The van der Waals surface area contributed by atoms with Gasteiger partial charge in [0.05, 0.1) is 22.0 Å². The highest BCUT2D eigenvalue weighted by molar-refractivity contribution is 7.88. The lowest BCUT2D eigenvalue weighted by Gasteiger charge is -2.17. The van der Waals surface area contributed by atoms with E-state index in [1.54, 1.807) is 6.07 Å². The highest BCUT2D eigenvalue weighted by Gasteiger charge is 2.20. The van der Waals surface area contributed by atoms with Crippen molar-refractivity contribution in [1.29, 1.82) is 0 Å². The van der Waals surface area contributed by atoms with Crippen molar-refractivity contribution in [3.05, 3.63) is 40.5 Å². The number of phenolic OH excluding ortho intramolecular Hbond substituents is 1. The standard InChI is InChI=1S/C18H20Cl2N2O6S/c1-11(18(24)27-7-6-22(2)29(3,25)26)28-16-5-4-12(8-15(16)23)17-14(20)9-13(19)10-21-17/h4-5,8-11,23H,6-7H2,1-3H3. The number of halogens is 2. The number of benzene rings is 1. The average Bonchev–Trinajstić information content (AvgIpc) is 2.62. The number of aromatic hydroxyl groups is 1. The molecule has 1 atom stereocenters. The van der Waals surface area contributed by atoms with E-state index >= 15 is 0 Å². The van der Waals surface area contributed by atoms with E-state index in [2.05, 4.69) is 4.98 Å². The van der Waals surface area contributed by atoms with E-state index < -0.39 is 22.1 Å². The molecule has 0 radical (unpaired) electrons. The molecule has 29 heavy (non-hydrogen) atoms. The van der Waals surface area contributed by atoms with E-state index in [1.165, 1.54) is 38.4 Å². The van der Waals surface area contributed by atoms with Gasteiger partial charge in [0.2, 0.25) is 10.0 Å². The maximum Gasteiger partial charge on any atom is 0.347 e. The number of ether oxygens (including phenoxy) is 2. The Morgan fingerprint density at radius 1 is 1.31 bits per heavy atom. The Kier molecular flexibility index (Phi) is 7.70. The van der Waals surface area contributed by atoms with Gasteiger partial charge in [-0.2, -0.15) is 0 Å². The highest BCUT2D eigenvalue weighted by atomic mass is 35.5. The van der Waals surface area contributed by atoms with Gasteiger partial charge in [-0.1, -0.05) is 23.2 Å². The fourth-order valence-electron chi connectivity index (χ4n) is 2.19. The average molecular weight is 463 g/mol. The Balaban J connectivity index is 1.99. The predicted molar refractivity (Wildman–Crippen MR) is 110 cm³/mol. The fraction of sp³-hybridized carbons (Fsp3) is 0.333. The van der Waals surface area contributed by atoms with Crippen molar-refractivity contribution < 1.29 is 27.8 Å². The van der Waals surface area contributed by atoms with Crippen LogP contribution in [-0.2, 0) is 19.6 Å². The number of sulfonamides is 1. The van der Waals surface area contributed by atoms with Gasteiger partial charge in [-0.05, 0) is 31.2 Å². The number of nitrogens with zero attached hydrogens (tertiary/aromatic N) is 2. The Labute approximate surface area is 179 Å². The van der Waals surface area contributed by atoms with E-state index in [4.69, 9.17) is 32.7 Å². The maximum absolute atomic E-state index is 12.0. The molecule has 0 saturated heterocycles. The molecule has 2 aromatic rings. The third-order valence-electron chi connectivity index (χ3n) is 3.89. The molecule has 8 nitrogen and oxygen atoms in total. The van der Waals surface area contributed by atoms with Gasteiger partial charge in [0, 0.05) is 25.4 Å². The topological polar surface area (TPSA) is 106 Å². The third-order valence-corrected chi connectivity index (χ3v) is 5.70. The number of aromatic nitrogens is 1. The zero-order chi connectivity index (χ0) is 21.8. The van der Waals surface area contributed by atoms with E-state index in [1.807, 2.05) is 0 Å². The normalized spacial score (nSPS) is 12.6. The Bertz CT molecular complexity index is 1000. The number of carbonyl (C=O) groups excluding carboxylic acids is 1. The van der Waals surface area contributed by atoms with Gasteiger partial charge >= 0.3 is 5.97 Å². The zero-order valence-corrected chi connectivity index (χ0v) is 18.3. The summed E-state index contributed by atoms with van der Waals surface area (Å²) in [6, 6.07) is 6.03. The molecule has 0 aliphatic rings. The summed E-state index contributed by atoms with van der Waals surface area (Å²) in [6.45, 7) is 1.35. The SMILES string of the molecule is CC(Oc1ccc(-c2ncc(Cl)cc2Cl)cc1O)C(=O)OCCN(C)S(C)(=O)=O. The first kappa shape index (κ1) is 23.2. The number of pyridine rings is 1. The Morgan fingerprint density at radius 3 is 2.59 bits per heavy atom. The molecule has 1 aromatic carbocycles. The number of phenols is 1. The lowest BCUT2D eigenvalue weighted by atomic mass is 10.1. The number of hydrogen-bond acceptors (Lipinski definition) is 7. The van der Waals surface area contributed by atoms with Crippen molar-refractivity contribution in [2.24, 2.45) is 0 Å². The van der Waals surface area contributed by atoms with Crippen molar-refractivity contribution in [2.75, 3.05) is 26.5 Å². The van der Waals surface area contributed by atoms with Crippen molar-refractivity contribution in [2.45, 2.75) is 13.0 Å². The Hall–Kier alpha value is -2.07. The summed E-state index contributed by atoms with van der Waals surface area (Å²) in [6.07, 6.45) is 1.47. The second kappa shape index (κ2) is 9.62. The summed E-state index contributed by atoms with van der Waals surface area (Å²) in [7, 11) is -1.97. The maximum atomic E-state index is 12.0. The van der Waals surface area contributed by atoms with E-state index in [0.717, 1.165) is 10.6 Å². The first-order chi connectivity index (χ1) is 13.5. The minimum Gasteiger partial charge on any atom is -0.504 e. The van der Waals surface area contributed by atoms with Gasteiger partial charge in [-0.15, -0.1) is 0 Å². The lowest BCUT2D eigenvalue weighted by Crippen LogP contribution is -2.32. The molecule has 158 valence electrons. The van der Waals surface area contributed by atoms with Crippen molar-refractivity contribution >= 4 is 39.2 Å². The summed E-state index contributed by atoms with van der Waals surface area (Å²) < 4.78 is 34.1. The molecule has 0 bridgehead atoms. The molecular formula is C18H20Cl2N2O6S. The summed E-state index contributed by atoms with van der Waals surface area (Å²) in [5.41, 5.74) is 0.968.